The monoisotopic (exact) mass is 315 g/mol. The molecule has 0 saturated carbocycles. The Morgan fingerprint density at radius 2 is 1.39 bits per heavy atom. The van der Waals surface area contributed by atoms with Crippen LogP contribution in [-0.4, -0.2) is 41.0 Å². The molecule has 2 aromatic heterocycles. The highest BCUT2D eigenvalue weighted by Crippen LogP contribution is 2.22. The Balaban J connectivity index is 2.31. The Labute approximate surface area is 140 Å². The van der Waals surface area contributed by atoms with Gasteiger partial charge in [-0.1, -0.05) is 27.7 Å². The molecule has 0 aromatic carbocycles. The Morgan fingerprint density at radius 3 is 1.78 bits per heavy atom. The van der Waals surface area contributed by atoms with E-state index in [2.05, 4.69) is 49.6 Å². The van der Waals surface area contributed by atoms with Gasteiger partial charge in [0.15, 0.2) is 0 Å². The van der Waals surface area contributed by atoms with Crippen molar-refractivity contribution in [3.63, 3.8) is 0 Å². The maximum Gasteiger partial charge on any atom is 0.133 e. The summed E-state index contributed by atoms with van der Waals surface area (Å²) < 4.78 is 5.59. The van der Waals surface area contributed by atoms with Crippen LogP contribution >= 0.6 is 0 Å². The van der Waals surface area contributed by atoms with Gasteiger partial charge in [-0.2, -0.15) is 0 Å². The lowest BCUT2D eigenvalue weighted by Crippen LogP contribution is -2.25. The van der Waals surface area contributed by atoms with E-state index in [0.717, 1.165) is 62.0 Å². The molecule has 2 aromatic rings. The summed E-state index contributed by atoms with van der Waals surface area (Å²) in [6.07, 6.45) is 1.73. The maximum atomic E-state index is 5.59. The molecule has 0 bridgehead atoms. The summed E-state index contributed by atoms with van der Waals surface area (Å²) in [4.78, 5) is 9.66. The number of nitrogens with zero attached hydrogens (tertiary/aromatic N) is 3. The summed E-state index contributed by atoms with van der Waals surface area (Å²) in [6.45, 7) is 14.7. The third-order valence-corrected chi connectivity index (χ3v) is 4.30. The predicted molar refractivity (Wildman–Crippen MR) is 95.2 cm³/mol. The molecule has 0 fully saturated rings. The topological polar surface area (TPSA) is 32.5 Å². The summed E-state index contributed by atoms with van der Waals surface area (Å²) in [5, 5.41) is 0. The molecule has 0 saturated heterocycles. The second-order valence-corrected chi connectivity index (χ2v) is 5.74. The quantitative estimate of drug-likeness (QED) is 0.699. The third-order valence-electron chi connectivity index (χ3n) is 4.30. The van der Waals surface area contributed by atoms with Gasteiger partial charge in [-0.15, -0.1) is 0 Å². The Bertz CT molecular complexity index is 540. The molecular weight excluding hydrogens is 286 g/mol. The number of hydrogen-bond acceptors (Lipinski definition) is 4. The van der Waals surface area contributed by atoms with E-state index in [0.29, 0.717) is 0 Å². The van der Waals surface area contributed by atoms with Crippen LogP contribution < -0.4 is 0 Å². The lowest BCUT2D eigenvalue weighted by Gasteiger charge is -2.20. The minimum Gasteiger partial charge on any atom is -0.464 e. The van der Waals surface area contributed by atoms with E-state index in [1.807, 2.05) is 12.1 Å². The zero-order valence-corrected chi connectivity index (χ0v) is 14.9. The molecule has 0 aliphatic heterocycles. The van der Waals surface area contributed by atoms with Gasteiger partial charge in [-0.05, 0) is 50.4 Å². The summed E-state index contributed by atoms with van der Waals surface area (Å²) in [7, 11) is 0. The van der Waals surface area contributed by atoms with Crippen molar-refractivity contribution in [2.75, 3.05) is 26.2 Å². The van der Waals surface area contributed by atoms with Gasteiger partial charge in [-0.3, -0.25) is 14.8 Å². The maximum absolute atomic E-state index is 5.59. The van der Waals surface area contributed by atoms with Crippen LogP contribution in [0.1, 0.15) is 39.1 Å². The summed E-state index contributed by atoms with van der Waals surface area (Å²) >= 11 is 0. The van der Waals surface area contributed by atoms with Crippen LogP contribution in [0.25, 0.3) is 11.3 Å². The second kappa shape index (κ2) is 8.85. The average molecular weight is 315 g/mol. The van der Waals surface area contributed by atoms with Crippen molar-refractivity contribution in [3.05, 3.63) is 41.9 Å². The van der Waals surface area contributed by atoms with Gasteiger partial charge in [0.2, 0.25) is 0 Å². The number of furan rings is 1. The van der Waals surface area contributed by atoms with Gasteiger partial charge in [0.25, 0.3) is 0 Å². The lowest BCUT2D eigenvalue weighted by atomic mass is 10.1. The van der Waals surface area contributed by atoms with Crippen LogP contribution in [0, 0.1) is 0 Å². The molecule has 0 unspecified atom stereocenters. The van der Waals surface area contributed by atoms with E-state index in [1.54, 1.807) is 6.26 Å². The van der Waals surface area contributed by atoms with Gasteiger partial charge in [0, 0.05) is 18.7 Å². The zero-order chi connectivity index (χ0) is 16.7. The van der Waals surface area contributed by atoms with E-state index in [-0.39, 0.29) is 0 Å². The molecule has 0 radical (unpaired) electrons. The molecule has 0 N–H and O–H groups in total. The minimum atomic E-state index is 0.882. The smallest absolute Gasteiger partial charge is 0.133 e. The second-order valence-electron chi connectivity index (χ2n) is 5.74. The number of pyridine rings is 1. The Morgan fingerprint density at radius 1 is 0.870 bits per heavy atom. The molecule has 0 aliphatic rings. The third kappa shape index (κ3) is 4.91. The van der Waals surface area contributed by atoms with Crippen LogP contribution in [0.2, 0.25) is 0 Å². The first-order chi connectivity index (χ1) is 11.2. The summed E-state index contributed by atoms with van der Waals surface area (Å²) in [5.41, 5.74) is 3.35. The van der Waals surface area contributed by atoms with Crippen molar-refractivity contribution in [1.82, 2.24) is 14.8 Å². The highest BCUT2D eigenvalue weighted by molar-refractivity contribution is 5.58. The van der Waals surface area contributed by atoms with Crippen molar-refractivity contribution >= 4 is 0 Å². The first-order valence-corrected chi connectivity index (χ1v) is 8.68. The number of hydrogen-bond donors (Lipinski definition) is 0. The van der Waals surface area contributed by atoms with Gasteiger partial charge >= 0.3 is 0 Å². The predicted octanol–water partition coefficient (Wildman–Crippen LogP) is 4.03. The highest BCUT2D eigenvalue weighted by atomic mass is 16.3. The number of rotatable bonds is 9. The fraction of sp³-hybridized carbons (Fsp3) is 0.526. The molecule has 2 rings (SSSR count). The molecule has 23 heavy (non-hydrogen) atoms. The fourth-order valence-electron chi connectivity index (χ4n) is 2.75. The molecular formula is C19H29N3O. The van der Waals surface area contributed by atoms with E-state index in [9.17, 15) is 0 Å². The SMILES string of the molecule is CCN(CC)Cc1cc(-c2ccco2)cc(CN(CC)CC)n1. The molecule has 126 valence electrons. The van der Waals surface area contributed by atoms with Gasteiger partial charge < -0.3 is 4.42 Å². The van der Waals surface area contributed by atoms with Crippen LogP contribution in [-0.2, 0) is 13.1 Å². The highest BCUT2D eigenvalue weighted by Gasteiger charge is 2.11. The molecule has 0 aliphatic carbocycles. The Kier molecular flexibility index (Phi) is 6.81. The fourth-order valence-corrected chi connectivity index (χ4v) is 2.75. The first-order valence-electron chi connectivity index (χ1n) is 8.68. The average Bonchev–Trinajstić information content (AvgIpc) is 3.12. The van der Waals surface area contributed by atoms with Gasteiger partial charge in [0.1, 0.15) is 5.76 Å². The van der Waals surface area contributed by atoms with Crippen LogP contribution in [0.3, 0.4) is 0 Å². The van der Waals surface area contributed by atoms with E-state index < -0.39 is 0 Å². The van der Waals surface area contributed by atoms with E-state index in [4.69, 9.17) is 9.40 Å². The largest absolute Gasteiger partial charge is 0.464 e. The van der Waals surface area contributed by atoms with Crippen molar-refractivity contribution in [3.8, 4) is 11.3 Å². The van der Waals surface area contributed by atoms with Gasteiger partial charge in [-0.25, -0.2) is 0 Å². The molecule has 0 spiro atoms. The van der Waals surface area contributed by atoms with Crippen molar-refractivity contribution in [2.24, 2.45) is 0 Å². The lowest BCUT2D eigenvalue weighted by molar-refractivity contribution is 0.284. The van der Waals surface area contributed by atoms with Crippen LogP contribution in [0.4, 0.5) is 0 Å². The first kappa shape index (κ1) is 17.7. The van der Waals surface area contributed by atoms with Crippen molar-refractivity contribution in [1.29, 1.82) is 0 Å². The van der Waals surface area contributed by atoms with Crippen molar-refractivity contribution in [2.45, 2.75) is 40.8 Å². The van der Waals surface area contributed by atoms with Crippen LogP contribution in [0.5, 0.6) is 0 Å². The number of aromatic nitrogens is 1. The normalized spacial score (nSPS) is 11.6. The zero-order valence-electron chi connectivity index (χ0n) is 14.9. The van der Waals surface area contributed by atoms with Crippen LogP contribution in [0.15, 0.2) is 34.9 Å². The molecule has 0 amide bonds. The summed E-state index contributed by atoms with van der Waals surface area (Å²) in [6, 6.07) is 8.26. The molecule has 4 heteroatoms. The van der Waals surface area contributed by atoms with E-state index >= 15 is 0 Å². The standard InChI is InChI=1S/C19H29N3O/c1-5-21(6-2)14-17-12-16(19-10-9-11-23-19)13-18(20-17)15-22(7-3)8-4/h9-13H,5-8,14-15H2,1-4H3. The van der Waals surface area contributed by atoms with E-state index in [1.165, 1.54) is 0 Å². The molecule has 0 atom stereocenters. The summed E-state index contributed by atoms with van der Waals surface area (Å²) in [5.74, 6) is 0.911. The van der Waals surface area contributed by atoms with Gasteiger partial charge in [0.05, 0.1) is 17.7 Å². The Hall–Kier alpha value is -1.65. The van der Waals surface area contributed by atoms with Crippen molar-refractivity contribution < 1.29 is 4.42 Å². The minimum absolute atomic E-state index is 0.882. The molecule has 4 nitrogen and oxygen atoms in total. The molecule has 2 heterocycles.